The number of fused-ring (bicyclic) bond motifs is 3. The first kappa shape index (κ1) is 51.9. The molecule has 2 aliphatic heterocycles. The van der Waals surface area contributed by atoms with Crippen LogP contribution in [0.1, 0.15) is 96.2 Å². The number of nitrogen functional groups attached to an aromatic ring is 1. The predicted octanol–water partition coefficient (Wildman–Crippen LogP) is 6.04. The number of imide groups is 1. The Morgan fingerprint density at radius 3 is 2.51 bits per heavy atom. The second kappa shape index (κ2) is 23.4. The van der Waals surface area contributed by atoms with Crippen molar-refractivity contribution in [2.45, 2.75) is 82.8 Å². The standard InChI is InChI=1S/C51H58F3N11O8/c1-31-8-9-34(27-39(31)64-22-16-42(67)61-50(64)71)48(69)57-19-24-73-26-25-72-23-17-43(68)63-20-3-2-5-35-30-58-47(55)44-45(62-65(46(35)44)38-7-4-6-37(29-38)59-41(66)15-21-63)32-10-12-33(13-11-32)49(70)60-40-28-36(14-18-56-40)51(52,53)54/h2,5,8-14,18,27-28,30,37-38,49,70H,3-4,6-7,15-17,19-26,29H2,1H3,(H2,55,58)(H,56,60)(H,57,69)(H,59,66)(H,61,67,71)/b5-2+/t37-,38-,49?/m1/s1. The van der Waals surface area contributed by atoms with E-state index in [4.69, 9.17) is 20.3 Å². The van der Waals surface area contributed by atoms with Crippen molar-refractivity contribution >= 4 is 64.0 Å². The second-order valence-corrected chi connectivity index (χ2v) is 18.1. The van der Waals surface area contributed by atoms with Crippen LogP contribution >= 0.6 is 0 Å². The van der Waals surface area contributed by atoms with Gasteiger partial charge in [-0.1, -0.05) is 42.5 Å². The monoisotopic (exact) mass is 1010 g/mol. The molecule has 6 amide bonds. The molecular formula is C51H58F3N11O8. The lowest BCUT2D eigenvalue weighted by atomic mass is 9.90. The van der Waals surface area contributed by atoms with Crippen molar-refractivity contribution in [2.75, 3.05) is 68.6 Å². The Kier molecular flexibility index (Phi) is 16.6. The number of alkyl halides is 3. The maximum Gasteiger partial charge on any atom is 0.416 e. The van der Waals surface area contributed by atoms with Gasteiger partial charge in [-0.15, -0.1) is 0 Å². The van der Waals surface area contributed by atoms with Crippen LogP contribution < -0.4 is 31.9 Å². The number of carbonyl (C=O) groups is 5. The van der Waals surface area contributed by atoms with Gasteiger partial charge in [0, 0.05) is 85.4 Å². The zero-order valence-corrected chi connectivity index (χ0v) is 40.3. The number of benzene rings is 2. The molecule has 19 nitrogen and oxygen atoms in total. The summed E-state index contributed by atoms with van der Waals surface area (Å²) in [5.41, 5.74) is 10.5. The van der Waals surface area contributed by atoms with Gasteiger partial charge in [0.05, 0.1) is 55.4 Å². The summed E-state index contributed by atoms with van der Waals surface area (Å²) in [7, 11) is 0. The van der Waals surface area contributed by atoms with Crippen LogP contribution in [0, 0.1) is 6.92 Å². The number of nitrogens with zero attached hydrogens (tertiary/aromatic N) is 6. The quantitative estimate of drug-likeness (QED) is 0.0518. The van der Waals surface area contributed by atoms with Crippen LogP contribution in [0.15, 0.2) is 73.1 Å². The summed E-state index contributed by atoms with van der Waals surface area (Å²) < 4.78 is 53.2. The number of urea groups is 1. The zero-order chi connectivity index (χ0) is 51.6. The van der Waals surface area contributed by atoms with E-state index in [0.717, 1.165) is 54.2 Å². The van der Waals surface area contributed by atoms with Crippen LogP contribution in [-0.2, 0) is 30.0 Å². The summed E-state index contributed by atoms with van der Waals surface area (Å²) in [6, 6.07) is 12.7. The summed E-state index contributed by atoms with van der Waals surface area (Å²) in [5.74, 6) is -0.896. The van der Waals surface area contributed by atoms with Crippen LogP contribution in [0.3, 0.4) is 0 Å². The minimum Gasteiger partial charge on any atom is -0.383 e. The molecule has 2 aromatic carbocycles. The average molecular weight is 1010 g/mol. The lowest BCUT2D eigenvalue weighted by Crippen LogP contribution is -2.49. The van der Waals surface area contributed by atoms with Gasteiger partial charge in [0.1, 0.15) is 17.3 Å². The van der Waals surface area contributed by atoms with E-state index < -0.39 is 24.0 Å². The number of aliphatic hydroxyl groups excluding tert-OH is 1. The van der Waals surface area contributed by atoms with Crippen molar-refractivity contribution < 1.29 is 51.7 Å². The van der Waals surface area contributed by atoms with Crippen molar-refractivity contribution in [3.8, 4) is 11.3 Å². The number of carbonyl (C=O) groups excluding carboxylic acids is 5. The van der Waals surface area contributed by atoms with Crippen molar-refractivity contribution in [3.05, 3.63) is 101 Å². The fraction of sp³-hybridized carbons (Fsp3) is 0.412. The number of aryl methyl sites for hydroxylation is 1. The van der Waals surface area contributed by atoms with Crippen molar-refractivity contribution in [3.63, 3.8) is 0 Å². The van der Waals surface area contributed by atoms with Gasteiger partial charge in [0.15, 0.2) is 6.23 Å². The second-order valence-electron chi connectivity index (χ2n) is 18.1. The van der Waals surface area contributed by atoms with Crippen molar-refractivity contribution in [1.29, 1.82) is 0 Å². The Hall–Kier alpha value is -7.43. The number of nitrogens with one attached hydrogen (secondary N) is 4. The third kappa shape index (κ3) is 13.0. The lowest BCUT2D eigenvalue weighted by Gasteiger charge is -2.31. The summed E-state index contributed by atoms with van der Waals surface area (Å²) in [6.07, 6.45) is 4.51. The molecule has 2 bridgehead atoms. The Morgan fingerprint density at radius 1 is 0.945 bits per heavy atom. The SMILES string of the molecule is Cc1ccc(C(=O)NCCOCCOCCC(=O)N2CC/C=C/c3cnc(N)c4c(-c5ccc(C(O)Nc6cc(C(F)(F)F)ccn6)cc5)nn(c34)[C@@H]3CCC[C@H](C3)NC(=O)CC2)cc1N1CCC(=O)NC1=O. The number of halogens is 3. The smallest absolute Gasteiger partial charge is 0.383 e. The highest BCUT2D eigenvalue weighted by molar-refractivity contribution is 6.07. The summed E-state index contributed by atoms with van der Waals surface area (Å²) in [5, 5.41) is 27.6. The number of nitrogens with two attached hydrogens (primary N) is 1. The van der Waals surface area contributed by atoms with E-state index in [-0.39, 0.29) is 113 Å². The minimum atomic E-state index is -4.57. The number of aromatic nitrogens is 4. The van der Waals surface area contributed by atoms with Gasteiger partial charge in [-0.05, 0) is 68.9 Å². The molecule has 5 heterocycles. The third-order valence-corrected chi connectivity index (χ3v) is 13.0. The van der Waals surface area contributed by atoms with E-state index in [0.29, 0.717) is 52.8 Å². The van der Waals surface area contributed by atoms with E-state index in [1.807, 2.05) is 23.8 Å². The number of amides is 6. The molecule has 1 unspecified atom stereocenters. The van der Waals surface area contributed by atoms with Gasteiger partial charge in [0.25, 0.3) is 5.91 Å². The van der Waals surface area contributed by atoms with E-state index in [2.05, 4.69) is 31.2 Å². The molecule has 0 radical (unpaired) electrons. The van der Waals surface area contributed by atoms with Crippen LogP contribution in [0.5, 0.6) is 0 Å². The Bertz CT molecular complexity index is 2860. The summed E-state index contributed by atoms with van der Waals surface area (Å²) in [4.78, 5) is 75.3. The average Bonchev–Trinajstić information content (AvgIpc) is 3.78. The Balaban J connectivity index is 0.859. The topological polar surface area (TPSA) is 248 Å². The molecule has 3 aromatic heterocycles. The van der Waals surface area contributed by atoms with Gasteiger partial charge in [0.2, 0.25) is 17.7 Å². The van der Waals surface area contributed by atoms with Crippen molar-refractivity contribution in [1.82, 2.24) is 40.6 Å². The molecule has 1 aliphatic carbocycles. The summed E-state index contributed by atoms with van der Waals surface area (Å²) >= 11 is 0. The van der Waals surface area contributed by atoms with Crippen LogP contribution in [-0.4, -0.2) is 118 Å². The molecule has 2 fully saturated rings. The van der Waals surface area contributed by atoms with Gasteiger partial charge in [-0.25, -0.2) is 14.8 Å². The number of rotatable bonds is 15. The molecule has 5 aromatic rings. The van der Waals surface area contributed by atoms with Gasteiger partial charge in [-0.2, -0.15) is 18.3 Å². The van der Waals surface area contributed by atoms with Crippen LogP contribution in [0.25, 0.3) is 28.2 Å². The first-order valence-electron chi connectivity index (χ1n) is 24.3. The van der Waals surface area contributed by atoms with E-state index in [9.17, 15) is 42.3 Å². The molecule has 22 heteroatoms. The van der Waals surface area contributed by atoms with E-state index >= 15 is 0 Å². The number of aliphatic hydroxyl groups is 1. The third-order valence-electron chi connectivity index (χ3n) is 13.0. The maximum atomic E-state index is 13.6. The van der Waals surface area contributed by atoms with Crippen molar-refractivity contribution in [2.24, 2.45) is 0 Å². The fourth-order valence-corrected chi connectivity index (χ4v) is 9.21. The summed E-state index contributed by atoms with van der Waals surface area (Å²) in [6.45, 7) is 3.64. The normalized spacial score (nSPS) is 18.6. The van der Waals surface area contributed by atoms with Crippen LogP contribution in [0.4, 0.5) is 35.3 Å². The Morgan fingerprint density at radius 2 is 1.73 bits per heavy atom. The highest BCUT2D eigenvalue weighted by Gasteiger charge is 2.32. The fourth-order valence-electron chi connectivity index (χ4n) is 9.21. The number of hydrogen-bond acceptors (Lipinski definition) is 13. The molecule has 8 rings (SSSR count). The largest absolute Gasteiger partial charge is 0.416 e. The molecule has 1 saturated heterocycles. The number of ether oxygens (including phenoxy) is 2. The molecule has 7 N–H and O–H groups in total. The highest BCUT2D eigenvalue weighted by atomic mass is 19.4. The number of pyridine rings is 2. The number of hydrogen-bond donors (Lipinski definition) is 6. The molecule has 3 aliphatic rings. The first-order chi connectivity index (χ1) is 35.1. The van der Waals surface area contributed by atoms with Crippen LogP contribution in [0.2, 0.25) is 0 Å². The first-order valence-corrected chi connectivity index (χ1v) is 24.3. The predicted molar refractivity (Wildman–Crippen MR) is 265 cm³/mol. The zero-order valence-electron chi connectivity index (χ0n) is 40.3. The molecule has 73 heavy (non-hydrogen) atoms. The Labute approximate surface area is 418 Å². The van der Waals surface area contributed by atoms with E-state index in [1.54, 1.807) is 53.6 Å². The highest BCUT2D eigenvalue weighted by Crippen LogP contribution is 2.39. The molecule has 3 atom stereocenters. The lowest BCUT2D eigenvalue weighted by molar-refractivity contribution is -0.137. The maximum absolute atomic E-state index is 13.6. The number of anilines is 3. The van der Waals surface area contributed by atoms with Gasteiger partial charge in [-0.3, -0.25) is 34.1 Å². The molecule has 386 valence electrons. The minimum absolute atomic E-state index is 0.0909. The van der Waals surface area contributed by atoms with Gasteiger partial charge >= 0.3 is 12.2 Å². The van der Waals surface area contributed by atoms with Gasteiger partial charge < -0.3 is 41.2 Å². The van der Waals surface area contributed by atoms with E-state index in [1.165, 1.54) is 4.90 Å². The molecule has 1 saturated carbocycles. The molecular weight excluding hydrogens is 952 g/mol. The molecule has 0 spiro atoms.